The van der Waals surface area contributed by atoms with Crippen LogP contribution in [-0.2, 0) is 33.4 Å². The van der Waals surface area contributed by atoms with Crippen molar-refractivity contribution in [3.8, 4) is 0 Å². The van der Waals surface area contributed by atoms with E-state index in [0.29, 0.717) is 19.3 Å². The summed E-state index contributed by atoms with van der Waals surface area (Å²) in [6.45, 7) is 6.16. The van der Waals surface area contributed by atoms with Crippen LogP contribution in [0.4, 0.5) is 0 Å². The van der Waals surface area contributed by atoms with E-state index >= 15 is 0 Å². The van der Waals surface area contributed by atoms with Crippen molar-refractivity contribution >= 4 is 23.7 Å². The monoisotopic (exact) mass is 492 g/mol. The molecule has 0 bridgehead atoms. The number of allylic oxidation sites excluding steroid dienone is 1. The van der Waals surface area contributed by atoms with Gasteiger partial charge in [-0.3, -0.25) is 19.2 Å². The van der Waals surface area contributed by atoms with Gasteiger partial charge in [0.05, 0.1) is 29.1 Å². The van der Waals surface area contributed by atoms with Gasteiger partial charge in [0.25, 0.3) is 0 Å². The molecule has 0 radical (unpaired) electrons. The van der Waals surface area contributed by atoms with Gasteiger partial charge in [-0.15, -0.1) is 0 Å². The number of rotatable bonds is 5. The van der Waals surface area contributed by atoms with Crippen molar-refractivity contribution in [2.24, 2.45) is 28.6 Å². The highest BCUT2D eigenvalue weighted by molar-refractivity contribution is 5.92. The standard InChI is InChI=1S/C26H36O9/c1-5-33-22(30)19-8-11-26(32)18-7-10-25(31)12-17(29)6-9-24(25,14-34-15(2)27)21(18)20(35-16(3)28)13-23(19,26)4/h6,9,18-21,31-32H,5,7-8,10-14H2,1-4H3/t18?,19?,20-,21?,23?,24?,25?,26?/m1/s1. The molecule has 0 amide bonds. The fraction of sp³-hybridized carbons (Fsp3) is 0.769. The van der Waals surface area contributed by atoms with Crippen molar-refractivity contribution in [2.45, 2.75) is 83.5 Å². The van der Waals surface area contributed by atoms with E-state index in [-0.39, 0.29) is 44.2 Å². The topological polar surface area (TPSA) is 136 Å². The summed E-state index contributed by atoms with van der Waals surface area (Å²) in [5.41, 5.74) is -5.00. The molecule has 0 aromatic heterocycles. The van der Waals surface area contributed by atoms with Gasteiger partial charge in [0.1, 0.15) is 12.7 Å². The molecular formula is C26H36O9. The molecular weight excluding hydrogens is 456 g/mol. The van der Waals surface area contributed by atoms with Crippen LogP contribution in [0, 0.1) is 28.6 Å². The average Bonchev–Trinajstić information content (AvgIpc) is 3.02. The van der Waals surface area contributed by atoms with Gasteiger partial charge in [0, 0.05) is 31.6 Å². The molecule has 35 heavy (non-hydrogen) atoms. The molecule has 194 valence electrons. The molecule has 0 spiro atoms. The lowest BCUT2D eigenvalue weighted by Gasteiger charge is -2.65. The minimum absolute atomic E-state index is 0.151. The number of aliphatic hydroxyl groups is 2. The molecule has 3 saturated carbocycles. The van der Waals surface area contributed by atoms with Crippen molar-refractivity contribution in [1.82, 2.24) is 0 Å². The Balaban J connectivity index is 1.86. The first-order valence-corrected chi connectivity index (χ1v) is 12.5. The summed E-state index contributed by atoms with van der Waals surface area (Å²) in [4.78, 5) is 49.4. The van der Waals surface area contributed by atoms with E-state index in [9.17, 15) is 29.4 Å². The van der Waals surface area contributed by atoms with E-state index in [2.05, 4.69) is 0 Å². The number of hydrogen-bond donors (Lipinski definition) is 2. The third kappa shape index (κ3) is 3.73. The Hall–Kier alpha value is -2.26. The van der Waals surface area contributed by atoms with Gasteiger partial charge in [-0.05, 0) is 51.0 Å². The molecule has 4 aliphatic rings. The van der Waals surface area contributed by atoms with Crippen molar-refractivity contribution < 1.29 is 43.6 Å². The van der Waals surface area contributed by atoms with Gasteiger partial charge in [0.2, 0.25) is 0 Å². The van der Waals surface area contributed by atoms with Crippen LogP contribution in [0.1, 0.15) is 66.2 Å². The first kappa shape index (κ1) is 25.8. The van der Waals surface area contributed by atoms with E-state index in [0.717, 1.165) is 0 Å². The zero-order chi connectivity index (χ0) is 25.8. The van der Waals surface area contributed by atoms with Crippen LogP contribution in [0.15, 0.2) is 12.2 Å². The quantitative estimate of drug-likeness (QED) is 0.435. The lowest BCUT2D eigenvalue weighted by molar-refractivity contribution is -0.270. The highest BCUT2D eigenvalue weighted by Crippen LogP contribution is 2.69. The maximum absolute atomic E-state index is 12.9. The molecule has 4 aliphatic carbocycles. The Kier molecular flexibility index (Phi) is 6.41. The Labute approximate surface area is 205 Å². The number of ether oxygens (including phenoxy) is 3. The van der Waals surface area contributed by atoms with Crippen LogP contribution in [0.5, 0.6) is 0 Å². The fourth-order valence-electron chi connectivity index (χ4n) is 7.90. The third-order valence-electron chi connectivity index (χ3n) is 9.41. The summed E-state index contributed by atoms with van der Waals surface area (Å²) < 4.78 is 16.6. The number of hydrogen-bond acceptors (Lipinski definition) is 9. The minimum Gasteiger partial charge on any atom is -0.466 e. The normalized spacial score (nSPS) is 44.0. The Bertz CT molecular complexity index is 958. The van der Waals surface area contributed by atoms with E-state index in [1.54, 1.807) is 13.0 Å². The zero-order valence-corrected chi connectivity index (χ0v) is 20.9. The first-order valence-electron chi connectivity index (χ1n) is 12.5. The minimum atomic E-state index is -1.53. The van der Waals surface area contributed by atoms with Crippen LogP contribution in [0.2, 0.25) is 0 Å². The fourth-order valence-corrected chi connectivity index (χ4v) is 7.90. The Morgan fingerprint density at radius 3 is 2.43 bits per heavy atom. The lowest BCUT2D eigenvalue weighted by Crippen LogP contribution is -2.72. The number of ketones is 1. The summed E-state index contributed by atoms with van der Waals surface area (Å²) in [7, 11) is 0. The lowest BCUT2D eigenvalue weighted by atomic mass is 9.42. The van der Waals surface area contributed by atoms with Gasteiger partial charge in [-0.25, -0.2) is 0 Å². The summed E-state index contributed by atoms with van der Waals surface area (Å²) in [6.07, 6.45) is 3.57. The SMILES string of the molecule is CCOC(=O)C1CCC2(O)C3CCC4(O)CC(=O)C=CC4(COC(C)=O)C3[C@H](OC(C)=O)CC12C. The van der Waals surface area contributed by atoms with Gasteiger partial charge in [-0.2, -0.15) is 0 Å². The molecule has 7 unspecified atom stereocenters. The summed E-state index contributed by atoms with van der Waals surface area (Å²) in [5, 5.41) is 24.1. The summed E-state index contributed by atoms with van der Waals surface area (Å²) in [6, 6.07) is 0. The zero-order valence-electron chi connectivity index (χ0n) is 20.9. The van der Waals surface area contributed by atoms with E-state index in [1.807, 2.05) is 6.92 Å². The second kappa shape index (κ2) is 8.69. The predicted molar refractivity (Wildman–Crippen MR) is 122 cm³/mol. The van der Waals surface area contributed by atoms with Crippen LogP contribution < -0.4 is 0 Å². The van der Waals surface area contributed by atoms with Gasteiger partial charge in [-0.1, -0.05) is 13.0 Å². The molecule has 0 aromatic carbocycles. The van der Waals surface area contributed by atoms with Gasteiger partial charge < -0.3 is 24.4 Å². The predicted octanol–water partition coefficient (Wildman–Crippen LogP) is 1.87. The molecule has 3 fully saturated rings. The second-order valence-corrected chi connectivity index (χ2v) is 11.0. The number of fused-ring (bicyclic) bond motifs is 5. The second-order valence-electron chi connectivity index (χ2n) is 11.0. The van der Waals surface area contributed by atoms with Crippen molar-refractivity contribution in [2.75, 3.05) is 13.2 Å². The van der Waals surface area contributed by atoms with Gasteiger partial charge >= 0.3 is 17.9 Å². The molecule has 0 aromatic rings. The molecule has 0 heterocycles. The first-order chi connectivity index (χ1) is 16.3. The van der Waals surface area contributed by atoms with Crippen LogP contribution in [0.25, 0.3) is 0 Å². The summed E-state index contributed by atoms with van der Waals surface area (Å²) in [5.74, 6) is -3.36. The van der Waals surface area contributed by atoms with Crippen LogP contribution in [-0.4, -0.2) is 64.4 Å². The molecule has 9 nitrogen and oxygen atoms in total. The molecule has 9 heteroatoms. The van der Waals surface area contributed by atoms with Crippen molar-refractivity contribution in [3.63, 3.8) is 0 Å². The maximum atomic E-state index is 12.9. The van der Waals surface area contributed by atoms with E-state index < -0.39 is 57.8 Å². The van der Waals surface area contributed by atoms with E-state index in [1.165, 1.54) is 19.9 Å². The third-order valence-corrected chi connectivity index (χ3v) is 9.41. The van der Waals surface area contributed by atoms with Crippen molar-refractivity contribution in [3.05, 3.63) is 12.2 Å². The molecule has 4 rings (SSSR count). The van der Waals surface area contributed by atoms with E-state index in [4.69, 9.17) is 14.2 Å². The summed E-state index contributed by atoms with van der Waals surface area (Å²) >= 11 is 0. The highest BCUT2D eigenvalue weighted by Gasteiger charge is 2.74. The highest BCUT2D eigenvalue weighted by atomic mass is 16.5. The number of carbonyl (C=O) groups is 4. The van der Waals surface area contributed by atoms with Crippen LogP contribution >= 0.6 is 0 Å². The average molecular weight is 493 g/mol. The number of esters is 3. The number of carbonyl (C=O) groups excluding carboxylic acids is 4. The molecule has 8 atom stereocenters. The Morgan fingerprint density at radius 2 is 1.80 bits per heavy atom. The molecule has 2 N–H and O–H groups in total. The van der Waals surface area contributed by atoms with Crippen molar-refractivity contribution in [1.29, 1.82) is 0 Å². The molecule has 0 saturated heterocycles. The van der Waals surface area contributed by atoms with Gasteiger partial charge in [0.15, 0.2) is 5.78 Å². The molecule has 0 aliphatic heterocycles. The maximum Gasteiger partial charge on any atom is 0.309 e. The smallest absolute Gasteiger partial charge is 0.309 e. The van der Waals surface area contributed by atoms with Crippen LogP contribution in [0.3, 0.4) is 0 Å². The Morgan fingerprint density at radius 1 is 1.09 bits per heavy atom. The largest absolute Gasteiger partial charge is 0.466 e.